The highest BCUT2D eigenvalue weighted by molar-refractivity contribution is 7.13. The fourth-order valence-corrected chi connectivity index (χ4v) is 4.29. The molecule has 0 bridgehead atoms. The van der Waals surface area contributed by atoms with Crippen LogP contribution in [0.2, 0.25) is 0 Å². The molecule has 31 heavy (non-hydrogen) atoms. The Labute approximate surface area is 180 Å². The third-order valence-corrected chi connectivity index (χ3v) is 6.05. The van der Waals surface area contributed by atoms with Crippen molar-refractivity contribution in [3.8, 4) is 10.6 Å². The molecule has 1 unspecified atom stereocenters. The maximum Gasteiger partial charge on any atom is 0.416 e. The first-order valence-electron chi connectivity index (χ1n) is 9.68. The molecule has 3 aromatic rings. The largest absolute Gasteiger partial charge is 0.416 e. The van der Waals surface area contributed by atoms with Crippen molar-refractivity contribution in [3.63, 3.8) is 0 Å². The number of hydrogen-bond donors (Lipinski definition) is 1. The molecule has 0 radical (unpaired) electrons. The highest BCUT2D eigenvalue weighted by Crippen LogP contribution is 2.34. The van der Waals surface area contributed by atoms with Crippen LogP contribution in [-0.2, 0) is 6.18 Å². The summed E-state index contributed by atoms with van der Waals surface area (Å²) in [6.45, 7) is 2.92. The van der Waals surface area contributed by atoms with Gasteiger partial charge in [-0.15, -0.1) is 11.3 Å². The van der Waals surface area contributed by atoms with Gasteiger partial charge in [0.25, 0.3) is 5.91 Å². The van der Waals surface area contributed by atoms with Crippen molar-refractivity contribution in [2.75, 3.05) is 31.1 Å². The third kappa shape index (κ3) is 4.31. The van der Waals surface area contributed by atoms with Crippen molar-refractivity contribution >= 4 is 22.9 Å². The Balaban J connectivity index is 1.53. The van der Waals surface area contributed by atoms with Crippen LogP contribution in [-0.4, -0.2) is 47.2 Å². The van der Waals surface area contributed by atoms with Crippen LogP contribution in [0.25, 0.3) is 10.6 Å². The Morgan fingerprint density at radius 2 is 1.94 bits per heavy atom. The van der Waals surface area contributed by atoms with E-state index in [-0.39, 0.29) is 17.2 Å². The molecule has 4 rings (SSSR count). The summed E-state index contributed by atoms with van der Waals surface area (Å²) in [5.41, 5.74) is 0.382. The summed E-state index contributed by atoms with van der Waals surface area (Å²) >= 11 is 1.41. The molecular weight excluding hydrogens is 431 g/mol. The number of aliphatic hydroxyl groups excluding tert-OH is 1. The number of carbonyl (C=O) groups excluding carboxylic acids is 1. The van der Waals surface area contributed by atoms with Crippen LogP contribution in [0.15, 0.2) is 46.3 Å². The molecule has 2 aromatic heterocycles. The van der Waals surface area contributed by atoms with E-state index in [4.69, 9.17) is 4.52 Å². The van der Waals surface area contributed by atoms with Crippen molar-refractivity contribution in [1.29, 1.82) is 0 Å². The maximum atomic E-state index is 13.3. The molecule has 1 aliphatic heterocycles. The number of anilines is 1. The number of benzene rings is 1. The van der Waals surface area contributed by atoms with Crippen LogP contribution in [0.3, 0.4) is 0 Å². The third-order valence-electron chi connectivity index (χ3n) is 5.17. The number of aromatic nitrogens is 1. The molecule has 0 spiro atoms. The van der Waals surface area contributed by atoms with E-state index in [1.54, 1.807) is 11.0 Å². The number of hydrogen-bond acceptors (Lipinski definition) is 6. The van der Waals surface area contributed by atoms with E-state index in [0.29, 0.717) is 37.6 Å². The fourth-order valence-electron chi connectivity index (χ4n) is 3.58. The number of alkyl halides is 3. The molecule has 1 N–H and O–H groups in total. The van der Waals surface area contributed by atoms with Crippen LogP contribution >= 0.6 is 11.3 Å². The zero-order chi connectivity index (χ0) is 22.2. The van der Waals surface area contributed by atoms with Gasteiger partial charge in [0.1, 0.15) is 17.4 Å². The lowest BCUT2D eigenvalue weighted by atomic mass is 10.1. The lowest BCUT2D eigenvalue weighted by molar-refractivity contribution is -0.137. The second kappa shape index (κ2) is 8.35. The molecular formula is C21H20F3N3O3S. The van der Waals surface area contributed by atoms with Gasteiger partial charge in [-0.05, 0) is 36.6 Å². The van der Waals surface area contributed by atoms with Gasteiger partial charge in [-0.2, -0.15) is 13.2 Å². The average molecular weight is 451 g/mol. The Morgan fingerprint density at radius 3 is 2.55 bits per heavy atom. The van der Waals surface area contributed by atoms with Crippen LogP contribution in [0.4, 0.5) is 18.9 Å². The molecule has 3 heterocycles. The highest BCUT2D eigenvalue weighted by Gasteiger charge is 2.33. The minimum Gasteiger partial charge on any atom is -0.385 e. The molecule has 164 valence electrons. The quantitative estimate of drug-likeness (QED) is 0.635. The first kappa shape index (κ1) is 21.4. The Bertz CT molecular complexity index is 1060. The van der Waals surface area contributed by atoms with Gasteiger partial charge in [0.2, 0.25) is 0 Å². The number of aliphatic hydroxyl groups is 1. The number of carbonyl (C=O) groups is 1. The predicted molar refractivity (Wildman–Crippen MR) is 110 cm³/mol. The molecule has 1 saturated heterocycles. The zero-order valence-corrected chi connectivity index (χ0v) is 17.4. The van der Waals surface area contributed by atoms with Gasteiger partial charge in [0.05, 0.1) is 10.4 Å². The van der Waals surface area contributed by atoms with Gasteiger partial charge in [-0.1, -0.05) is 17.3 Å². The number of halogens is 3. The van der Waals surface area contributed by atoms with Crippen LogP contribution in [0.5, 0.6) is 0 Å². The summed E-state index contributed by atoms with van der Waals surface area (Å²) in [6, 6.07) is 8.83. The smallest absolute Gasteiger partial charge is 0.385 e. The van der Waals surface area contributed by atoms with E-state index < -0.39 is 17.8 Å². The first-order valence-corrected chi connectivity index (χ1v) is 10.6. The van der Waals surface area contributed by atoms with Gasteiger partial charge >= 0.3 is 6.18 Å². The van der Waals surface area contributed by atoms with Crippen LogP contribution in [0, 0.1) is 0 Å². The topological polar surface area (TPSA) is 69.8 Å². The minimum absolute atomic E-state index is 0.105. The van der Waals surface area contributed by atoms with Gasteiger partial charge in [0, 0.05) is 31.9 Å². The minimum atomic E-state index is -4.41. The van der Waals surface area contributed by atoms with Crippen molar-refractivity contribution in [2.45, 2.75) is 19.2 Å². The fraction of sp³-hybridized carbons (Fsp3) is 0.333. The van der Waals surface area contributed by atoms with Gasteiger partial charge in [-0.3, -0.25) is 4.79 Å². The molecule has 1 fully saturated rings. The SMILES string of the molecule is CC(O)c1onc(-c2cccs2)c1C(=O)N1CCN(c2cccc(C(F)(F)F)c2)CC1. The highest BCUT2D eigenvalue weighted by atomic mass is 32.1. The monoisotopic (exact) mass is 451 g/mol. The summed E-state index contributed by atoms with van der Waals surface area (Å²) in [4.78, 5) is 17.5. The number of rotatable bonds is 4. The molecule has 1 aromatic carbocycles. The standard InChI is InChI=1S/C21H20F3N3O3S/c1-13(28)19-17(18(25-30-19)16-6-3-11-31-16)20(29)27-9-7-26(8-10-27)15-5-2-4-14(12-15)21(22,23)24/h2-6,11-13,28H,7-10H2,1H3. The van der Waals surface area contributed by atoms with E-state index in [1.807, 2.05) is 22.4 Å². The second-order valence-electron chi connectivity index (χ2n) is 7.25. The average Bonchev–Trinajstić information content (AvgIpc) is 3.42. The molecule has 1 amide bonds. The normalized spacial score (nSPS) is 15.9. The molecule has 1 atom stereocenters. The first-order chi connectivity index (χ1) is 14.8. The Kier molecular flexibility index (Phi) is 5.76. The van der Waals surface area contributed by atoms with Crippen molar-refractivity contribution in [1.82, 2.24) is 10.1 Å². The molecule has 0 saturated carbocycles. The van der Waals surface area contributed by atoms with E-state index in [9.17, 15) is 23.1 Å². The van der Waals surface area contributed by atoms with Crippen LogP contribution in [0.1, 0.15) is 34.7 Å². The lowest BCUT2D eigenvalue weighted by Crippen LogP contribution is -2.49. The Morgan fingerprint density at radius 1 is 1.19 bits per heavy atom. The lowest BCUT2D eigenvalue weighted by Gasteiger charge is -2.36. The number of nitrogens with zero attached hydrogens (tertiary/aromatic N) is 3. The molecule has 10 heteroatoms. The molecule has 6 nitrogen and oxygen atoms in total. The molecule has 1 aliphatic rings. The Hall–Kier alpha value is -2.85. The van der Waals surface area contributed by atoms with E-state index >= 15 is 0 Å². The second-order valence-corrected chi connectivity index (χ2v) is 8.20. The maximum absolute atomic E-state index is 13.3. The number of thiophene rings is 1. The van der Waals surface area contributed by atoms with E-state index in [1.165, 1.54) is 24.3 Å². The van der Waals surface area contributed by atoms with Crippen molar-refractivity contribution < 1.29 is 27.6 Å². The summed E-state index contributed by atoms with van der Waals surface area (Å²) in [5.74, 6) is -0.210. The van der Waals surface area contributed by atoms with Crippen molar-refractivity contribution in [3.05, 3.63) is 58.7 Å². The van der Waals surface area contributed by atoms with Crippen molar-refractivity contribution in [2.24, 2.45) is 0 Å². The number of amides is 1. The summed E-state index contributed by atoms with van der Waals surface area (Å²) in [7, 11) is 0. The van der Waals surface area contributed by atoms with Gasteiger partial charge in [-0.25, -0.2) is 0 Å². The number of piperazine rings is 1. The van der Waals surface area contributed by atoms with E-state index in [2.05, 4.69) is 5.16 Å². The summed E-state index contributed by atoms with van der Waals surface area (Å²) in [6.07, 6.45) is -5.41. The van der Waals surface area contributed by atoms with E-state index in [0.717, 1.165) is 17.0 Å². The molecule has 0 aliphatic carbocycles. The van der Waals surface area contributed by atoms with Gasteiger partial charge < -0.3 is 19.4 Å². The van der Waals surface area contributed by atoms with Crippen LogP contribution < -0.4 is 4.90 Å². The zero-order valence-electron chi connectivity index (χ0n) is 16.6. The predicted octanol–water partition coefficient (Wildman–Crippen LogP) is 4.44. The summed E-state index contributed by atoms with van der Waals surface area (Å²) in [5, 5.41) is 15.9. The van der Waals surface area contributed by atoms with Gasteiger partial charge in [0.15, 0.2) is 5.76 Å². The summed E-state index contributed by atoms with van der Waals surface area (Å²) < 4.78 is 44.3.